The molecule has 0 unspecified atom stereocenters. The van der Waals surface area contributed by atoms with Crippen molar-refractivity contribution in [3.63, 3.8) is 0 Å². The highest BCUT2D eigenvalue weighted by atomic mass is 35.5. The second kappa shape index (κ2) is 5.85. The molecule has 0 radical (unpaired) electrons. The summed E-state index contributed by atoms with van der Waals surface area (Å²) in [4.78, 5) is 15.7. The Labute approximate surface area is 119 Å². The Morgan fingerprint density at radius 1 is 1.40 bits per heavy atom. The van der Waals surface area contributed by atoms with Crippen LogP contribution in [0.2, 0.25) is 5.02 Å². The van der Waals surface area contributed by atoms with E-state index in [1.165, 1.54) is 12.3 Å². The number of hydrazine groups is 1. The molecule has 104 valence electrons. The number of nitrogens with two attached hydrogens (primary N) is 1. The van der Waals surface area contributed by atoms with Crippen molar-refractivity contribution >= 4 is 29.0 Å². The van der Waals surface area contributed by atoms with Gasteiger partial charge in [-0.05, 0) is 30.7 Å². The number of carbonyl (C=O) groups excluding carboxylic acids is 1. The van der Waals surface area contributed by atoms with E-state index in [0.717, 1.165) is 5.56 Å². The molecular weight excluding hydrogens is 283 g/mol. The summed E-state index contributed by atoms with van der Waals surface area (Å²) in [6.07, 6.45) is 1.29. The average molecular weight is 295 g/mol. The zero-order valence-corrected chi connectivity index (χ0v) is 11.3. The summed E-state index contributed by atoms with van der Waals surface area (Å²) in [5.41, 5.74) is 3.28. The van der Waals surface area contributed by atoms with Crippen LogP contribution in [0.5, 0.6) is 0 Å². The third-order valence-corrected chi connectivity index (χ3v) is 3.11. The molecule has 0 fully saturated rings. The van der Waals surface area contributed by atoms with Gasteiger partial charge in [0.1, 0.15) is 0 Å². The van der Waals surface area contributed by atoms with Crippen molar-refractivity contribution in [3.05, 3.63) is 52.4 Å². The third-order valence-electron chi connectivity index (χ3n) is 2.70. The summed E-state index contributed by atoms with van der Waals surface area (Å²) in [7, 11) is 0. The van der Waals surface area contributed by atoms with Gasteiger partial charge in [0.05, 0.1) is 5.56 Å². The van der Waals surface area contributed by atoms with Crippen molar-refractivity contribution in [1.29, 1.82) is 0 Å². The molecule has 1 aromatic carbocycles. The Hall–Kier alpha value is -2.18. The van der Waals surface area contributed by atoms with Crippen molar-refractivity contribution in [2.75, 3.05) is 10.7 Å². The molecule has 1 amide bonds. The zero-order chi connectivity index (χ0) is 14.7. The summed E-state index contributed by atoms with van der Waals surface area (Å²) in [5, 5.41) is 3.07. The molecule has 0 bridgehead atoms. The van der Waals surface area contributed by atoms with Crippen LogP contribution in [-0.4, -0.2) is 10.9 Å². The second-order valence-corrected chi connectivity index (χ2v) is 4.49. The molecule has 0 saturated carbocycles. The third kappa shape index (κ3) is 2.87. The summed E-state index contributed by atoms with van der Waals surface area (Å²) >= 11 is 5.96. The number of benzene rings is 1. The highest BCUT2D eigenvalue weighted by Gasteiger charge is 2.16. The van der Waals surface area contributed by atoms with Crippen LogP contribution in [0.3, 0.4) is 0 Å². The Morgan fingerprint density at radius 2 is 2.15 bits per heavy atom. The maximum Gasteiger partial charge on any atom is 0.258 e. The maximum absolute atomic E-state index is 13.9. The van der Waals surface area contributed by atoms with E-state index in [1.807, 2.05) is 6.92 Å². The lowest BCUT2D eigenvalue weighted by Crippen LogP contribution is -2.17. The number of anilines is 2. The van der Waals surface area contributed by atoms with Gasteiger partial charge in [-0.15, -0.1) is 0 Å². The number of hydrogen-bond acceptors (Lipinski definition) is 4. The fraction of sp³-hybridized carbons (Fsp3) is 0.0769. The minimum absolute atomic E-state index is 0.162. The van der Waals surface area contributed by atoms with E-state index in [1.54, 1.807) is 18.2 Å². The Bertz CT molecular complexity index is 663. The van der Waals surface area contributed by atoms with Gasteiger partial charge in [0.25, 0.3) is 5.91 Å². The van der Waals surface area contributed by atoms with Crippen LogP contribution in [0, 0.1) is 12.7 Å². The molecule has 20 heavy (non-hydrogen) atoms. The largest absolute Gasteiger partial charge is 0.322 e. The van der Waals surface area contributed by atoms with Gasteiger partial charge in [0.2, 0.25) is 0 Å². The van der Waals surface area contributed by atoms with Crippen molar-refractivity contribution in [2.45, 2.75) is 6.92 Å². The second-order valence-electron chi connectivity index (χ2n) is 4.08. The first kappa shape index (κ1) is 14.2. The Kier molecular flexibility index (Phi) is 4.16. The number of nitrogens with one attached hydrogen (secondary N) is 2. The predicted octanol–water partition coefficient (Wildman–Crippen LogP) is 2.72. The average Bonchev–Trinajstić information content (AvgIpc) is 2.43. The summed E-state index contributed by atoms with van der Waals surface area (Å²) in [6, 6.07) is 6.30. The van der Waals surface area contributed by atoms with Crippen molar-refractivity contribution < 1.29 is 9.18 Å². The molecule has 2 rings (SSSR count). The first-order chi connectivity index (χ1) is 9.52. The summed E-state index contributed by atoms with van der Waals surface area (Å²) in [5.74, 6) is 3.49. The predicted molar refractivity (Wildman–Crippen MR) is 76.1 cm³/mol. The number of rotatable bonds is 3. The molecule has 0 saturated heterocycles. The number of nitrogen functional groups attached to an aromatic ring is 1. The summed E-state index contributed by atoms with van der Waals surface area (Å²) < 4.78 is 13.9. The molecule has 5 nitrogen and oxygen atoms in total. The number of hydrogen-bond donors (Lipinski definition) is 3. The molecule has 0 aliphatic heterocycles. The number of nitrogens with zero attached hydrogens (tertiary/aromatic N) is 1. The molecule has 4 N–H and O–H groups in total. The number of carbonyl (C=O) groups is 1. The lowest BCUT2D eigenvalue weighted by Gasteiger charge is -2.09. The van der Waals surface area contributed by atoms with Crippen LogP contribution in [0.4, 0.5) is 15.9 Å². The van der Waals surface area contributed by atoms with Crippen molar-refractivity contribution in [2.24, 2.45) is 5.84 Å². The fourth-order valence-corrected chi connectivity index (χ4v) is 1.77. The molecule has 0 spiro atoms. The van der Waals surface area contributed by atoms with Gasteiger partial charge < -0.3 is 10.7 Å². The van der Waals surface area contributed by atoms with E-state index in [-0.39, 0.29) is 11.4 Å². The van der Waals surface area contributed by atoms with Crippen molar-refractivity contribution in [3.8, 4) is 0 Å². The van der Waals surface area contributed by atoms with E-state index in [0.29, 0.717) is 10.7 Å². The van der Waals surface area contributed by atoms with Gasteiger partial charge in [0, 0.05) is 16.9 Å². The lowest BCUT2D eigenvalue weighted by atomic mass is 10.2. The molecule has 1 aromatic heterocycles. The SMILES string of the molecule is Cc1ccc(NC(=O)c2ccnc(NN)c2F)cc1Cl. The molecular formula is C13H12ClFN4O. The smallest absolute Gasteiger partial charge is 0.258 e. The normalized spacial score (nSPS) is 10.2. The number of pyridine rings is 1. The van der Waals surface area contributed by atoms with Gasteiger partial charge in [-0.2, -0.15) is 0 Å². The number of aromatic nitrogens is 1. The molecule has 0 atom stereocenters. The van der Waals surface area contributed by atoms with E-state index in [4.69, 9.17) is 17.4 Å². The number of aryl methyl sites for hydroxylation is 1. The molecule has 0 aliphatic rings. The van der Waals surface area contributed by atoms with E-state index in [2.05, 4.69) is 15.7 Å². The molecule has 7 heteroatoms. The topological polar surface area (TPSA) is 80.0 Å². The standard InChI is InChI=1S/C13H12ClFN4O/c1-7-2-3-8(6-10(7)14)18-13(20)9-4-5-17-12(19-16)11(9)15/h2-6H,16H2,1H3,(H,17,19)(H,18,20). The number of amides is 1. The van der Waals surface area contributed by atoms with Crippen LogP contribution in [0.1, 0.15) is 15.9 Å². The van der Waals surface area contributed by atoms with Crippen LogP contribution in [0.15, 0.2) is 30.5 Å². The highest BCUT2D eigenvalue weighted by molar-refractivity contribution is 6.31. The lowest BCUT2D eigenvalue weighted by molar-refractivity contribution is 0.102. The van der Waals surface area contributed by atoms with Gasteiger partial charge in [-0.3, -0.25) is 4.79 Å². The Balaban J connectivity index is 2.26. The number of halogens is 2. The zero-order valence-electron chi connectivity index (χ0n) is 10.6. The van der Waals surface area contributed by atoms with Gasteiger partial charge >= 0.3 is 0 Å². The fourth-order valence-electron chi connectivity index (χ4n) is 1.59. The Morgan fingerprint density at radius 3 is 2.80 bits per heavy atom. The summed E-state index contributed by atoms with van der Waals surface area (Å²) in [6.45, 7) is 1.84. The van der Waals surface area contributed by atoms with Crippen LogP contribution >= 0.6 is 11.6 Å². The highest BCUT2D eigenvalue weighted by Crippen LogP contribution is 2.21. The van der Waals surface area contributed by atoms with Gasteiger partial charge in [-0.1, -0.05) is 17.7 Å². The van der Waals surface area contributed by atoms with Crippen LogP contribution in [-0.2, 0) is 0 Å². The molecule has 2 aromatic rings. The minimum Gasteiger partial charge on any atom is -0.322 e. The first-order valence-corrected chi connectivity index (χ1v) is 6.09. The molecule has 1 heterocycles. The minimum atomic E-state index is -0.814. The van der Waals surface area contributed by atoms with Crippen LogP contribution in [0.25, 0.3) is 0 Å². The van der Waals surface area contributed by atoms with E-state index < -0.39 is 11.7 Å². The van der Waals surface area contributed by atoms with Crippen LogP contribution < -0.4 is 16.6 Å². The maximum atomic E-state index is 13.9. The van der Waals surface area contributed by atoms with Gasteiger partial charge in [-0.25, -0.2) is 15.2 Å². The van der Waals surface area contributed by atoms with E-state index in [9.17, 15) is 9.18 Å². The van der Waals surface area contributed by atoms with E-state index >= 15 is 0 Å². The molecule has 0 aliphatic carbocycles. The first-order valence-electron chi connectivity index (χ1n) is 5.71. The van der Waals surface area contributed by atoms with Crippen molar-refractivity contribution in [1.82, 2.24) is 4.98 Å². The quantitative estimate of drug-likeness (QED) is 0.600. The monoisotopic (exact) mass is 294 g/mol. The van der Waals surface area contributed by atoms with Gasteiger partial charge in [0.15, 0.2) is 11.6 Å².